The van der Waals surface area contributed by atoms with E-state index in [1.54, 1.807) is 38.4 Å². The number of nitrogens with zero attached hydrogens (tertiary/aromatic N) is 2. The number of ether oxygens (including phenoxy) is 4. The number of rotatable bonds is 6. The van der Waals surface area contributed by atoms with Gasteiger partial charge in [0.05, 0.1) is 45.5 Å². The maximum atomic E-state index is 13.3. The lowest BCUT2D eigenvalue weighted by atomic mass is 10.0. The molecule has 0 spiro atoms. The number of hydrogen-bond donors (Lipinski definition) is 0. The van der Waals surface area contributed by atoms with Crippen LogP contribution in [0.15, 0.2) is 54.6 Å². The van der Waals surface area contributed by atoms with E-state index in [1.165, 1.54) is 12.1 Å². The number of amides is 1. The molecule has 0 saturated heterocycles. The molecule has 3 aromatic carbocycles. The summed E-state index contributed by atoms with van der Waals surface area (Å²) in [5.74, 6) is 2.07. The number of methoxy groups -OCH3 is 3. The van der Waals surface area contributed by atoms with E-state index >= 15 is 0 Å². The zero-order valence-electron chi connectivity index (χ0n) is 21.8. The van der Waals surface area contributed by atoms with E-state index in [2.05, 4.69) is 0 Å². The first kappa shape index (κ1) is 25.3. The fourth-order valence-corrected chi connectivity index (χ4v) is 4.75. The first-order chi connectivity index (χ1) is 18.4. The second-order valence-corrected chi connectivity index (χ2v) is 9.18. The minimum Gasteiger partial charge on any atom is -0.493 e. The number of halogens is 1. The Balaban J connectivity index is 1.51. The lowest BCUT2D eigenvalue weighted by molar-refractivity contribution is -0.131. The van der Waals surface area contributed by atoms with Crippen molar-refractivity contribution in [1.82, 2.24) is 9.88 Å². The zero-order valence-corrected chi connectivity index (χ0v) is 21.8. The normalized spacial score (nSPS) is 12.9. The van der Waals surface area contributed by atoms with Crippen molar-refractivity contribution in [2.75, 3.05) is 34.5 Å². The molecule has 196 valence electrons. The van der Waals surface area contributed by atoms with Crippen molar-refractivity contribution in [2.24, 2.45) is 0 Å². The Morgan fingerprint density at radius 3 is 2.39 bits per heavy atom. The van der Waals surface area contributed by atoms with Crippen molar-refractivity contribution in [3.05, 3.63) is 77.1 Å². The van der Waals surface area contributed by atoms with E-state index in [4.69, 9.17) is 23.9 Å². The maximum absolute atomic E-state index is 13.3. The summed E-state index contributed by atoms with van der Waals surface area (Å²) in [6.45, 7) is 3.16. The van der Waals surface area contributed by atoms with Gasteiger partial charge < -0.3 is 23.8 Å². The monoisotopic (exact) mass is 516 g/mol. The number of benzene rings is 3. The van der Waals surface area contributed by atoms with E-state index in [1.807, 2.05) is 37.3 Å². The van der Waals surface area contributed by atoms with Crippen LogP contribution in [-0.2, 0) is 17.8 Å². The summed E-state index contributed by atoms with van der Waals surface area (Å²) < 4.78 is 36.0. The van der Waals surface area contributed by atoms with Crippen LogP contribution in [0.4, 0.5) is 4.39 Å². The van der Waals surface area contributed by atoms with Crippen LogP contribution in [0.1, 0.15) is 16.7 Å². The summed E-state index contributed by atoms with van der Waals surface area (Å²) in [6, 6.07) is 15.7. The third kappa shape index (κ3) is 4.94. The van der Waals surface area contributed by atoms with Gasteiger partial charge in [-0.1, -0.05) is 12.1 Å². The van der Waals surface area contributed by atoms with Gasteiger partial charge >= 0.3 is 0 Å². The molecule has 5 rings (SSSR count). The standard InChI is InChI=1S/C30H29FN2O5/c1-18-11-24(32-25-16-27(36-3)26(35-2)15-23(18)25)20-13-21-17-33(9-10-38-30(21)28(14-20)37-4)29(34)12-19-5-7-22(31)8-6-19/h5-8,11,13-16H,9-10,12,17H2,1-4H3. The lowest BCUT2D eigenvalue weighted by Crippen LogP contribution is -2.33. The molecule has 7 nitrogen and oxygen atoms in total. The number of carbonyl (C=O) groups excluding carboxylic acids is 1. The van der Waals surface area contributed by atoms with Gasteiger partial charge in [0.2, 0.25) is 5.91 Å². The highest BCUT2D eigenvalue weighted by molar-refractivity contribution is 5.88. The maximum Gasteiger partial charge on any atom is 0.227 e. The second kappa shape index (κ2) is 10.6. The van der Waals surface area contributed by atoms with Crippen LogP contribution in [0.2, 0.25) is 0 Å². The Morgan fingerprint density at radius 1 is 0.974 bits per heavy atom. The molecule has 0 fully saturated rings. The van der Waals surface area contributed by atoms with E-state index in [-0.39, 0.29) is 18.1 Å². The van der Waals surface area contributed by atoms with Crippen molar-refractivity contribution in [1.29, 1.82) is 0 Å². The van der Waals surface area contributed by atoms with Crippen LogP contribution in [0.5, 0.6) is 23.0 Å². The number of carbonyl (C=O) groups is 1. The Morgan fingerprint density at radius 2 is 1.68 bits per heavy atom. The summed E-state index contributed by atoms with van der Waals surface area (Å²) in [5, 5.41) is 0.967. The van der Waals surface area contributed by atoms with Crippen molar-refractivity contribution in [3.8, 4) is 34.3 Å². The molecule has 4 aromatic rings. The molecule has 0 bridgehead atoms. The van der Waals surface area contributed by atoms with Gasteiger partial charge in [0.15, 0.2) is 23.0 Å². The van der Waals surface area contributed by atoms with E-state index in [9.17, 15) is 9.18 Å². The fraction of sp³-hybridized carbons (Fsp3) is 0.267. The van der Waals surface area contributed by atoms with Crippen LogP contribution in [0.3, 0.4) is 0 Å². The Hall–Kier alpha value is -4.33. The molecule has 0 radical (unpaired) electrons. The average Bonchev–Trinajstić information content (AvgIpc) is 3.15. The molecule has 8 heteroatoms. The molecule has 1 aliphatic rings. The highest BCUT2D eigenvalue weighted by Gasteiger charge is 2.24. The smallest absolute Gasteiger partial charge is 0.227 e. The van der Waals surface area contributed by atoms with Gasteiger partial charge in [0.25, 0.3) is 0 Å². The Kier molecular flexibility index (Phi) is 7.05. The van der Waals surface area contributed by atoms with Crippen LogP contribution in [0, 0.1) is 12.7 Å². The van der Waals surface area contributed by atoms with Crippen LogP contribution in [0.25, 0.3) is 22.2 Å². The number of pyridine rings is 1. The molecule has 2 heterocycles. The number of aromatic nitrogens is 1. The quantitative estimate of drug-likeness (QED) is 0.345. The number of aryl methyl sites for hydroxylation is 1. The van der Waals surface area contributed by atoms with Crippen molar-refractivity contribution in [2.45, 2.75) is 19.9 Å². The molecule has 0 saturated carbocycles. The first-order valence-corrected chi connectivity index (χ1v) is 12.3. The Labute approximate surface area is 220 Å². The molecule has 1 amide bonds. The molecule has 0 N–H and O–H groups in total. The van der Waals surface area contributed by atoms with Gasteiger partial charge in [-0.2, -0.15) is 0 Å². The van der Waals surface area contributed by atoms with Gasteiger partial charge in [-0.05, 0) is 54.4 Å². The van der Waals surface area contributed by atoms with E-state index < -0.39 is 0 Å². The zero-order chi connectivity index (χ0) is 26.8. The highest BCUT2D eigenvalue weighted by atomic mass is 19.1. The minimum atomic E-state index is -0.326. The molecule has 0 unspecified atom stereocenters. The summed E-state index contributed by atoms with van der Waals surface area (Å²) in [4.78, 5) is 19.8. The molecular formula is C30H29FN2O5. The van der Waals surface area contributed by atoms with Crippen LogP contribution < -0.4 is 18.9 Å². The highest BCUT2D eigenvalue weighted by Crippen LogP contribution is 2.40. The van der Waals surface area contributed by atoms with Crippen LogP contribution >= 0.6 is 0 Å². The van der Waals surface area contributed by atoms with Gasteiger partial charge in [0, 0.05) is 29.1 Å². The third-order valence-electron chi connectivity index (χ3n) is 6.76. The third-order valence-corrected chi connectivity index (χ3v) is 6.76. The molecule has 38 heavy (non-hydrogen) atoms. The summed E-state index contributed by atoms with van der Waals surface area (Å²) in [7, 11) is 4.81. The topological polar surface area (TPSA) is 70.1 Å². The minimum absolute atomic E-state index is 0.0573. The van der Waals surface area contributed by atoms with E-state index in [0.29, 0.717) is 42.7 Å². The van der Waals surface area contributed by atoms with E-state index in [0.717, 1.165) is 38.9 Å². The van der Waals surface area contributed by atoms with Crippen molar-refractivity contribution < 1.29 is 28.1 Å². The predicted molar refractivity (Wildman–Crippen MR) is 143 cm³/mol. The van der Waals surface area contributed by atoms with Gasteiger partial charge in [-0.15, -0.1) is 0 Å². The van der Waals surface area contributed by atoms with Gasteiger partial charge in [-0.25, -0.2) is 9.37 Å². The molecule has 0 atom stereocenters. The number of hydrogen-bond acceptors (Lipinski definition) is 6. The number of fused-ring (bicyclic) bond motifs is 2. The van der Waals surface area contributed by atoms with Crippen LogP contribution in [-0.4, -0.2) is 50.3 Å². The predicted octanol–water partition coefficient (Wildman–Crippen LogP) is 5.34. The molecule has 1 aromatic heterocycles. The SMILES string of the molecule is COc1cc2nc(-c3cc4c(c(OC)c3)OCCN(C(=O)Cc3ccc(F)cc3)C4)cc(C)c2cc1OC. The molecular weight excluding hydrogens is 487 g/mol. The largest absolute Gasteiger partial charge is 0.493 e. The molecule has 1 aliphatic heterocycles. The fourth-order valence-electron chi connectivity index (χ4n) is 4.75. The molecule has 0 aliphatic carbocycles. The lowest BCUT2D eigenvalue weighted by Gasteiger charge is -2.20. The summed E-state index contributed by atoms with van der Waals surface area (Å²) in [6.07, 6.45) is 0.184. The summed E-state index contributed by atoms with van der Waals surface area (Å²) in [5.41, 5.74) is 5.01. The Bertz CT molecular complexity index is 1500. The van der Waals surface area contributed by atoms with Gasteiger partial charge in [0.1, 0.15) is 12.4 Å². The van der Waals surface area contributed by atoms with Crippen molar-refractivity contribution >= 4 is 16.8 Å². The summed E-state index contributed by atoms with van der Waals surface area (Å²) >= 11 is 0. The average molecular weight is 517 g/mol. The van der Waals surface area contributed by atoms with Gasteiger partial charge in [-0.3, -0.25) is 4.79 Å². The second-order valence-electron chi connectivity index (χ2n) is 9.18. The van der Waals surface area contributed by atoms with Crippen molar-refractivity contribution in [3.63, 3.8) is 0 Å². The first-order valence-electron chi connectivity index (χ1n) is 12.3.